The number of aryl methyl sites for hydroxylation is 1. The Balaban J connectivity index is 0.957. The predicted octanol–water partition coefficient (Wildman–Crippen LogP) is 4.65. The molecule has 3 aromatic carbocycles. The van der Waals surface area contributed by atoms with Gasteiger partial charge in [0.25, 0.3) is 10.1 Å². The van der Waals surface area contributed by atoms with E-state index in [0.717, 1.165) is 5.56 Å². The molecule has 1 amide bonds. The molecule has 0 radical (unpaired) electrons. The zero-order valence-corrected chi connectivity index (χ0v) is 26.1. The molecule has 0 bridgehead atoms. The van der Waals surface area contributed by atoms with Gasteiger partial charge in [-0.2, -0.15) is 8.42 Å². The molecule has 4 rings (SSSR count). The third-order valence-corrected chi connectivity index (χ3v) is 8.44. The van der Waals surface area contributed by atoms with Crippen LogP contribution in [0.1, 0.15) is 22.6 Å². The van der Waals surface area contributed by atoms with Gasteiger partial charge in [0.1, 0.15) is 6.61 Å². The lowest BCUT2D eigenvalue weighted by atomic mass is 9.98. The zero-order chi connectivity index (χ0) is 31.2. The van der Waals surface area contributed by atoms with Gasteiger partial charge in [-0.05, 0) is 41.3 Å². The number of benzene rings is 3. The van der Waals surface area contributed by atoms with Crippen LogP contribution in [0, 0.1) is 6.92 Å². The summed E-state index contributed by atoms with van der Waals surface area (Å²) in [7, 11) is -2.09. The SMILES string of the molecule is Cc1ccc(S(=O)(=O)OCCOCCOCCOCCOCCN(C)C(=O)OCC2c3ccccc3-c3ccccc32)cc1. The Hall–Kier alpha value is -3.32. The highest BCUT2D eigenvalue weighted by atomic mass is 32.2. The van der Waals surface area contributed by atoms with Crippen molar-refractivity contribution in [1.82, 2.24) is 4.90 Å². The van der Waals surface area contributed by atoms with Crippen molar-refractivity contribution < 1.29 is 41.1 Å². The van der Waals surface area contributed by atoms with Gasteiger partial charge in [0.2, 0.25) is 0 Å². The van der Waals surface area contributed by atoms with Crippen LogP contribution in [0.2, 0.25) is 0 Å². The second-order valence-corrected chi connectivity index (χ2v) is 11.9. The minimum atomic E-state index is -3.78. The van der Waals surface area contributed by atoms with Gasteiger partial charge < -0.3 is 28.6 Å². The van der Waals surface area contributed by atoms with Crippen LogP contribution < -0.4 is 0 Å². The monoisotopic (exact) mass is 627 g/mol. The summed E-state index contributed by atoms with van der Waals surface area (Å²) < 4.78 is 56.7. The van der Waals surface area contributed by atoms with Crippen LogP contribution in [-0.2, 0) is 38.0 Å². The standard InChI is InChI=1S/C33H41NO9S/c1-26-11-13-27(14-12-26)44(36,37)43-24-23-41-22-21-40-20-19-39-18-17-38-16-15-34(2)33(35)42-25-32-30-9-5-3-7-28(30)29-8-4-6-10-31(29)32/h3-14,32H,15-25H2,1-2H3. The van der Waals surface area contributed by atoms with Gasteiger partial charge in [-0.25, -0.2) is 4.79 Å². The minimum absolute atomic E-state index is 0.0278. The number of rotatable bonds is 19. The first-order valence-electron chi connectivity index (χ1n) is 14.7. The highest BCUT2D eigenvalue weighted by Gasteiger charge is 2.29. The molecule has 0 aliphatic heterocycles. The van der Waals surface area contributed by atoms with Crippen molar-refractivity contribution >= 4 is 16.2 Å². The van der Waals surface area contributed by atoms with E-state index in [4.69, 9.17) is 27.9 Å². The molecule has 0 saturated carbocycles. The molecule has 0 aromatic heterocycles. The van der Waals surface area contributed by atoms with Gasteiger partial charge in [-0.1, -0.05) is 66.2 Å². The Morgan fingerprint density at radius 3 is 1.70 bits per heavy atom. The molecule has 44 heavy (non-hydrogen) atoms. The Morgan fingerprint density at radius 2 is 1.16 bits per heavy atom. The molecule has 1 aliphatic rings. The molecule has 0 atom stereocenters. The van der Waals surface area contributed by atoms with Crippen LogP contribution >= 0.6 is 0 Å². The number of carbonyl (C=O) groups excluding carboxylic acids is 1. The molecule has 1 aliphatic carbocycles. The zero-order valence-electron chi connectivity index (χ0n) is 25.3. The normalized spacial score (nSPS) is 12.6. The molecule has 0 saturated heterocycles. The molecule has 3 aromatic rings. The molecule has 0 heterocycles. The van der Waals surface area contributed by atoms with Gasteiger partial charge >= 0.3 is 6.09 Å². The van der Waals surface area contributed by atoms with Gasteiger partial charge in [0, 0.05) is 19.5 Å². The largest absolute Gasteiger partial charge is 0.448 e. The van der Waals surface area contributed by atoms with Gasteiger partial charge in [0.15, 0.2) is 0 Å². The second kappa shape index (κ2) is 17.2. The molecule has 0 unspecified atom stereocenters. The number of hydrogen-bond acceptors (Lipinski definition) is 9. The molecule has 0 fully saturated rings. The first-order valence-corrected chi connectivity index (χ1v) is 16.1. The van der Waals surface area contributed by atoms with E-state index in [-0.39, 0.29) is 36.7 Å². The van der Waals surface area contributed by atoms with Crippen molar-refractivity contribution in [3.8, 4) is 11.1 Å². The van der Waals surface area contributed by atoms with Crippen molar-refractivity contribution in [1.29, 1.82) is 0 Å². The fourth-order valence-electron chi connectivity index (χ4n) is 4.73. The quantitative estimate of drug-likeness (QED) is 0.139. The summed E-state index contributed by atoms with van der Waals surface area (Å²) in [6.07, 6.45) is -0.382. The summed E-state index contributed by atoms with van der Waals surface area (Å²) in [4.78, 5) is 14.2. The summed E-state index contributed by atoms with van der Waals surface area (Å²) in [5.41, 5.74) is 5.73. The van der Waals surface area contributed by atoms with Crippen LogP contribution in [-0.4, -0.2) is 99.1 Å². The number of carbonyl (C=O) groups is 1. The maximum Gasteiger partial charge on any atom is 0.409 e. The average molecular weight is 628 g/mol. The number of nitrogens with zero attached hydrogens (tertiary/aromatic N) is 1. The lowest BCUT2D eigenvalue weighted by Gasteiger charge is -2.19. The minimum Gasteiger partial charge on any atom is -0.448 e. The average Bonchev–Trinajstić information content (AvgIpc) is 3.35. The highest BCUT2D eigenvalue weighted by molar-refractivity contribution is 7.86. The van der Waals surface area contributed by atoms with Crippen molar-refractivity contribution in [2.75, 3.05) is 79.7 Å². The fraction of sp³-hybridized carbons (Fsp3) is 0.424. The maximum absolute atomic E-state index is 12.6. The highest BCUT2D eigenvalue weighted by Crippen LogP contribution is 2.44. The van der Waals surface area contributed by atoms with Gasteiger partial charge in [-0.15, -0.1) is 0 Å². The summed E-state index contributed by atoms with van der Waals surface area (Å²) in [5.74, 6) is 0.0278. The van der Waals surface area contributed by atoms with Crippen molar-refractivity contribution in [3.05, 3.63) is 89.5 Å². The molecule has 10 nitrogen and oxygen atoms in total. The third-order valence-electron chi connectivity index (χ3n) is 7.11. The lowest BCUT2D eigenvalue weighted by molar-refractivity contribution is -0.00582. The number of ether oxygens (including phenoxy) is 5. The van der Waals surface area contributed by atoms with E-state index in [1.165, 1.54) is 39.3 Å². The summed E-state index contributed by atoms with van der Waals surface area (Å²) in [6, 6.07) is 23.0. The molecular formula is C33H41NO9S. The van der Waals surface area contributed by atoms with E-state index in [1.54, 1.807) is 19.2 Å². The van der Waals surface area contributed by atoms with E-state index in [2.05, 4.69) is 24.3 Å². The Bertz CT molecular complexity index is 1380. The molecule has 0 spiro atoms. The van der Waals surface area contributed by atoms with Crippen LogP contribution in [0.3, 0.4) is 0 Å². The van der Waals surface area contributed by atoms with Crippen LogP contribution in [0.25, 0.3) is 11.1 Å². The number of amides is 1. The third kappa shape index (κ3) is 9.85. The van der Waals surface area contributed by atoms with Crippen molar-refractivity contribution in [3.63, 3.8) is 0 Å². The molecule has 238 valence electrons. The first-order chi connectivity index (χ1) is 21.4. The van der Waals surface area contributed by atoms with Crippen molar-refractivity contribution in [2.45, 2.75) is 17.7 Å². The Labute approximate surface area is 259 Å². The molecule has 0 N–H and O–H groups in total. The smallest absolute Gasteiger partial charge is 0.409 e. The van der Waals surface area contributed by atoms with Crippen LogP contribution in [0.15, 0.2) is 77.7 Å². The lowest BCUT2D eigenvalue weighted by Crippen LogP contribution is -2.32. The Morgan fingerprint density at radius 1 is 0.682 bits per heavy atom. The number of fused-ring (bicyclic) bond motifs is 3. The van der Waals surface area contributed by atoms with Crippen molar-refractivity contribution in [2.24, 2.45) is 0 Å². The number of hydrogen-bond donors (Lipinski definition) is 0. The van der Waals surface area contributed by atoms with Crippen LogP contribution in [0.5, 0.6) is 0 Å². The molecular weight excluding hydrogens is 586 g/mol. The van der Waals surface area contributed by atoms with E-state index in [1.807, 2.05) is 31.2 Å². The van der Waals surface area contributed by atoms with E-state index < -0.39 is 10.1 Å². The topological polar surface area (TPSA) is 110 Å². The van der Waals surface area contributed by atoms with E-state index >= 15 is 0 Å². The van der Waals surface area contributed by atoms with E-state index in [9.17, 15) is 13.2 Å². The maximum atomic E-state index is 12.6. The van der Waals surface area contributed by atoms with Gasteiger partial charge in [0.05, 0.1) is 64.4 Å². The Kier molecular flexibility index (Phi) is 13.2. The second-order valence-electron chi connectivity index (χ2n) is 10.3. The summed E-state index contributed by atoms with van der Waals surface area (Å²) in [6.45, 7) is 5.28. The fourth-order valence-corrected chi connectivity index (χ4v) is 5.63. The summed E-state index contributed by atoms with van der Waals surface area (Å²) in [5, 5.41) is 0. The van der Waals surface area contributed by atoms with Crippen LogP contribution in [0.4, 0.5) is 4.79 Å². The summed E-state index contributed by atoms with van der Waals surface area (Å²) >= 11 is 0. The first kappa shape index (κ1) is 33.6. The predicted molar refractivity (Wildman–Crippen MR) is 165 cm³/mol. The van der Waals surface area contributed by atoms with E-state index in [0.29, 0.717) is 52.8 Å². The van der Waals surface area contributed by atoms with Gasteiger partial charge in [-0.3, -0.25) is 4.18 Å². The number of likely N-dealkylation sites (N-methyl/N-ethyl adjacent to an activating group) is 1. The molecule has 11 heteroatoms.